The number of thiophene rings is 1. The second kappa shape index (κ2) is 7.34. The number of hydrogen-bond acceptors (Lipinski definition) is 3. The largest absolute Gasteiger partial charge is 1.00 e. The van der Waals surface area contributed by atoms with E-state index in [1.54, 1.807) is 11.3 Å². The fourth-order valence-corrected chi connectivity index (χ4v) is 5.16. The van der Waals surface area contributed by atoms with Gasteiger partial charge >= 0.3 is 0 Å². The van der Waals surface area contributed by atoms with E-state index in [9.17, 15) is 9.90 Å². The monoisotopic (exact) mass is 401 g/mol. The van der Waals surface area contributed by atoms with Crippen molar-refractivity contribution in [1.82, 2.24) is 0 Å². The SMILES string of the molecule is C[N+]1(C)CC[C@H](CC(=O)[C@@](O)(c2ccsc2)C2CCCC2)C1.[Br-]. The molecule has 0 radical (unpaired) electrons. The number of nitrogens with zero attached hydrogens (tertiary/aromatic N) is 1. The molecule has 0 spiro atoms. The van der Waals surface area contributed by atoms with Gasteiger partial charge in [-0.2, -0.15) is 11.3 Å². The third-order valence-corrected chi connectivity index (χ3v) is 6.38. The van der Waals surface area contributed by atoms with Crippen LogP contribution >= 0.6 is 11.3 Å². The molecule has 130 valence electrons. The zero-order chi connectivity index (χ0) is 15.8. The molecule has 3 nitrogen and oxygen atoms in total. The maximum atomic E-state index is 13.1. The van der Waals surface area contributed by atoms with E-state index in [0.717, 1.165) is 55.2 Å². The molecule has 1 saturated heterocycles. The van der Waals surface area contributed by atoms with Crippen LogP contribution in [0.15, 0.2) is 16.8 Å². The first-order valence-electron chi connectivity index (χ1n) is 8.52. The molecule has 2 atom stereocenters. The molecule has 23 heavy (non-hydrogen) atoms. The third-order valence-electron chi connectivity index (χ3n) is 5.70. The molecule has 1 aliphatic heterocycles. The van der Waals surface area contributed by atoms with Gasteiger partial charge in [-0.3, -0.25) is 4.79 Å². The molecule has 2 heterocycles. The summed E-state index contributed by atoms with van der Waals surface area (Å²) in [5, 5.41) is 15.3. The molecule has 0 aromatic carbocycles. The van der Waals surface area contributed by atoms with Crippen LogP contribution in [0.2, 0.25) is 0 Å². The van der Waals surface area contributed by atoms with Crippen molar-refractivity contribution < 1.29 is 31.4 Å². The summed E-state index contributed by atoms with van der Waals surface area (Å²) >= 11 is 1.57. The summed E-state index contributed by atoms with van der Waals surface area (Å²) in [5.41, 5.74) is -0.405. The van der Waals surface area contributed by atoms with Crippen LogP contribution in [0, 0.1) is 11.8 Å². The summed E-state index contributed by atoms with van der Waals surface area (Å²) < 4.78 is 0.998. The lowest BCUT2D eigenvalue weighted by Gasteiger charge is -2.33. The van der Waals surface area contributed by atoms with Crippen LogP contribution in [0.4, 0.5) is 0 Å². The third kappa shape index (κ3) is 3.89. The molecule has 0 bridgehead atoms. The van der Waals surface area contributed by atoms with Gasteiger partial charge in [0, 0.05) is 24.3 Å². The number of halogens is 1. The summed E-state index contributed by atoms with van der Waals surface area (Å²) in [7, 11) is 4.46. The van der Waals surface area contributed by atoms with Crippen LogP contribution in [0.3, 0.4) is 0 Å². The highest BCUT2D eigenvalue weighted by Gasteiger charge is 2.47. The lowest BCUT2D eigenvalue weighted by molar-refractivity contribution is -0.879. The second-order valence-electron chi connectivity index (χ2n) is 7.88. The van der Waals surface area contributed by atoms with Crippen LogP contribution in [-0.2, 0) is 10.4 Å². The van der Waals surface area contributed by atoms with Crippen molar-refractivity contribution in [3.05, 3.63) is 22.4 Å². The highest BCUT2D eigenvalue weighted by molar-refractivity contribution is 7.08. The topological polar surface area (TPSA) is 37.3 Å². The van der Waals surface area contributed by atoms with Gasteiger partial charge < -0.3 is 26.6 Å². The Balaban J connectivity index is 0.00000192. The molecule has 1 aliphatic carbocycles. The number of carbonyl (C=O) groups is 1. The number of Topliss-reactive ketones (excluding diaryl/α,β-unsaturated/α-hetero) is 1. The first-order chi connectivity index (χ1) is 10.4. The summed E-state index contributed by atoms with van der Waals surface area (Å²) in [5.74, 6) is 0.595. The van der Waals surface area contributed by atoms with Crippen LogP contribution in [0.1, 0.15) is 44.1 Å². The zero-order valence-corrected chi connectivity index (χ0v) is 16.5. The van der Waals surface area contributed by atoms with Crippen LogP contribution < -0.4 is 17.0 Å². The number of aliphatic hydroxyl groups is 1. The standard InChI is InChI=1S/C18H28NO2S.BrH/c1-19(2)9-7-14(12-19)11-17(20)18(21,15-5-3-4-6-15)16-8-10-22-13-16;/h8,10,13-15,21H,3-7,9,11-12H2,1-2H3;1H/q+1;/p-1/t14-,18+;/m1./s1. The van der Waals surface area contributed by atoms with Crippen LogP contribution in [0.5, 0.6) is 0 Å². The van der Waals surface area contributed by atoms with Crippen molar-refractivity contribution >= 4 is 17.1 Å². The molecule has 5 heteroatoms. The molecular formula is C18H28BrNO2S. The number of ketones is 1. The smallest absolute Gasteiger partial charge is 0.169 e. The maximum absolute atomic E-state index is 13.1. The Labute approximate surface area is 154 Å². The van der Waals surface area contributed by atoms with E-state index in [4.69, 9.17) is 0 Å². The van der Waals surface area contributed by atoms with E-state index in [1.165, 1.54) is 0 Å². The molecule has 2 aliphatic rings. The second-order valence-corrected chi connectivity index (χ2v) is 8.66. The van der Waals surface area contributed by atoms with Gasteiger partial charge in [0.25, 0.3) is 0 Å². The highest BCUT2D eigenvalue weighted by Crippen LogP contribution is 2.43. The molecular weight excluding hydrogens is 374 g/mol. The van der Waals surface area contributed by atoms with Gasteiger partial charge in [-0.1, -0.05) is 12.8 Å². The van der Waals surface area contributed by atoms with Crippen molar-refractivity contribution in [2.75, 3.05) is 27.2 Å². The molecule has 1 aromatic heterocycles. The summed E-state index contributed by atoms with van der Waals surface area (Å²) in [6.45, 7) is 2.19. The minimum Gasteiger partial charge on any atom is -1.00 e. The Morgan fingerprint density at radius 3 is 2.57 bits per heavy atom. The van der Waals surface area contributed by atoms with Crippen molar-refractivity contribution in [3.8, 4) is 0 Å². The number of carbonyl (C=O) groups excluding carboxylic acids is 1. The minimum atomic E-state index is -1.24. The average molecular weight is 402 g/mol. The first kappa shape index (κ1) is 19.1. The fourth-order valence-electron chi connectivity index (χ4n) is 4.45. The van der Waals surface area contributed by atoms with Gasteiger partial charge in [-0.15, -0.1) is 0 Å². The number of hydrogen-bond donors (Lipinski definition) is 1. The molecule has 3 rings (SSSR count). The minimum absolute atomic E-state index is 0. The van der Waals surface area contributed by atoms with Crippen molar-refractivity contribution in [3.63, 3.8) is 0 Å². The average Bonchev–Trinajstić information content (AvgIpc) is 3.19. The Kier molecular flexibility index (Phi) is 6.10. The highest BCUT2D eigenvalue weighted by atomic mass is 79.9. The molecule has 0 unspecified atom stereocenters. The lowest BCUT2D eigenvalue weighted by Crippen LogP contribution is -3.00. The summed E-state index contributed by atoms with van der Waals surface area (Å²) in [6, 6.07) is 1.94. The summed E-state index contributed by atoms with van der Waals surface area (Å²) in [4.78, 5) is 13.1. The first-order valence-corrected chi connectivity index (χ1v) is 9.46. The van der Waals surface area contributed by atoms with Crippen molar-refractivity contribution in [1.29, 1.82) is 0 Å². The molecule has 1 saturated carbocycles. The van der Waals surface area contributed by atoms with Gasteiger partial charge in [-0.25, -0.2) is 0 Å². The van der Waals surface area contributed by atoms with E-state index in [0.29, 0.717) is 12.3 Å². The van der Waals surface area contributed by atoms with Crippen LogP contribution in [-0.4, -0.2) is 42.6 Å². The van der Waals surface area contributed by atoms with E-state index in [-0.39, 0.29) is 28.7 Å². The quantitative estimate of drug-likeness (QED) is 0.714. The number of likely N-dealkylation sites (tertiary alicyclic amines) is 1. The van der Waals surface area contributed by atoms with E-state index in [1.807, 2.05) is 16.8 Å². The number of rotatable bonds is 5. The van der Waals surface area contributed by atoms with Gasteiger partial charge in [0.05, 0.1) is 27.2 Å². The van der Waals surface area contributed by atoms with Crippen molar-refractivity contribution in [2.45, 2.75) is 44.1 Å². The Morgan fingerprint density at radius 2 is 2.04 bits per heavy atom. The Morgan fingerprint density at radius 1 is 1.35 bits per heavy atom. The fraction of sp³-hybridized carbons (Fsp3) is 0.722. The molecule has 2 fully saturated rings. The molecule has 1 N–H and O–H groups in total. The Bertz CT molecular complexity index is 525. The van der Waals surface area contributed by atoms with E-state index in [2.05, 4.69) is 14.1 Å². The molecule has 1 aromatic rings. The van der Waals surface area contributed by atoms with E-state index >= 15 is 0 Å². The Hall–Kier alpha value is -0.230. The predicted molar refractivity (Wildman–Crippen MR) is 89.7 cm³/mol. The summed E-state index contributed by atoms with van der Waals surface area (Å²) in [6.07, 6.45) is 5.86. The van der Waals surface area contributed by atoms with Gasteiger partial charge in [0.1, 0.15) is 0 Å². The lowest BCUT2D eigenvalue weighted by atomic mass is 9.75. The van der Waals surface area contributed by atoms with Crippen LogP contribution in [0.25, 0.3) is 0 Å². The zero-order valence-electron chi connectivity index (χ0n) is 14.1. The normalized spacial score (nSPS) is 26.7. The van der Waals surface area contributed by atoms with Crippen molar-refractivity contribution in [2.24, 2.45) is 11.8 Å². The predicted octanol–water partition coefficient (Wildman–Crippen LogP) is 0.185. The number of quaternary nitrogens is 1. The molecule has 0 amide bonds. The maximum Gasteiger partial charge on any atom is 0.169 e. The van der Waals surface area contributed by atoms with Gasteiger partial charge in [0.15, 0.2) is 11.4 Å². The van der Waals surface area contributed by atoms with Gasteiger partial charge in [0.2, 0.25) is 0 Å². The van der Waals surface area contributed by atoms with E-state index < -0.39 is 5.60 Å². The van der Waals surface area contributed by atoms with Gasteiger partial charge in [-0.05, 0) is 35.6 Å².